The van der Waals surface area contributed by atoms with E-state index in [4.69, 9.17) is 4.74 Å². The number of hydrogen-bond acceptors (Lipinski definition) is 2. The Morgan fingerprint density at radius 1 is 1.38 bits per heavy atom. The summed E-state index contributed by atoms with van der Waals surface area (Å²) in [5.41, 5.74) is 1.39. The van der Waals surface area contributed by atoms with Gasteiger partial charge in [-0.3, -0.25) is 4.90 Å². The molecule has 2 rings (SSSR count). The van der Waals surface area contributed by atoms with Crippen LogP contribution in [0.2, 0.25) is 0 Å². The van der Waals surface area contributed by atoms with Crippen LogP contribution in [0.3, 0.4) is 0 Å². The first kappa shape index (κ1) is 11.5. The Bertz CT molecular complexity index is 348. The van der Waals surface area contributed by atoms with Crippen molar-refractivity contribution in [3.63, 3.8) is 0 Å². The van der Waals surface area contributed by atoms with Gasteiger partial charge in [-0.1, -0.05) is 12.1 Å². The fraction of sp³-hybridized carbons (Fsp3) is 0.571. The van der Waals surface area contributed by atoms with Crippen LogP contribution >= 0.6 is 0 Å². The molecule has 0 aromatic heterocycles. The van der Waals surface area contributed by atoms with E-state index in [0.717, 1.165) is 5.75 Å². The van der Waals surface area contributed by atoms with Crippen molar-refractivity contribution in [3.05, 3.63) is 29.8 Å². The zero-order chi connectivity index (χ0) is 11.5. The minimum atomic E-state index is 0.579. The van der Waals surface area contributed by atoms with Gasteiger partial charge in [-0.15, -0.1) is 0 Å². The van der Waals surface area contributed by atoms with Crippen LogP contribution in [0.15, 0.2) is 24.3 Å². The molecule has 88 valence electrons. The van der Waals surface area contributed by atoms with Crippen LogP contribution < -0.4 is 4.74 Å². The van der Waals surface area contributed by atoms with E-state index in [1.54, 1.807) is 7.11 Å². The molecule has 0 saturated carbocycles. The topological polar surface area (TPSA) is 12.5 Å². The van der Waals surface area contributed by atoms with E-state index in [-0.39, 0.29) is 0 Å². The summed E-state index contributed by atoms with van der Waals surface area (Å²) in [7, 11) is 1.73. The molecule has 0 N–H and O–H groups in total. The maximum absolute atomic E-state index is 5.29. The summed E-state index contributed by atoms with van der Waals surface area (Å²) in [4.78, 5) is 2.58. The summed E-state index contributed by atoms with van der Waals surface area (Å²) in [5, 5.41) is 0. The van der Waals surface area contributed by atoms with E-state index in [1.165, 1.54) is 24.9 Å². The molecule has 0 amide bonds. The Kier molecular flexibility index (Phi) is 3.49. The van der Waals surface area contributed by atoms with Gasteiger partial charge in [-0.2, -0.15) is 0 Å². The Morgan fingerprint density at radius 3 is 2.88 bits per heavy atom. The van der Waals surface area contributed by atoms with E-state index in [9.17, 15) is 0 Å². The molecule has 2 heteroatoms. The van der Waals surface area contributed by atoms with Crippen molar-refractivity contribution in [1.29, 1.82) is 0 Å². The Labute approximate surface area is 98.2 Å². The van der Waals surface area contributed by atoms with Gasteiger partial charge in [0.05, 0.1) is 7.11 Å². The number of likely N-dealkylation sites (tertiary alicyclic amines) is 1. The smallest absolute Gasteiger partial charge is 0.119 e. The number of nitrogens with zero attached hydrogens (tertiary/aromatic N) is 1. The third-order valence-electron chi connectivity index (χ3n) is 3.44. The molecule has 1 aromatic rings. The summed E-state index contributed by atoms with van der Waals surface area (Å²) < 4.78 is 5.29. The molecule has 0 bridgehead atoms. The van der Waals surface area contributed by atoms with E-state index < -0.39 is 0 Å². The number of rotatable bonds is 3. The van der Waals surface area contributed by atoms with Gasteiger partial charge in [0.15, 0.2) is 0 Å². The standard InChI is InChI=1S/C14H21NO/c1-11(2)15-9-5-8-14(15)12-6-4-7-13(10-12)16-3/h4,6-7,10-11,14H,5,8-9H2,1-3H3. The van der Waals surface area contributed by atoms with Crippen LogP contribution in [0.4, 0.5) is 0 Å². The second-order valence-corrected chi connectivity index (χ2v) is 4.77. The van der Waals surface area contributed by atoms with Gasteiger partial charge in [-0.25, -0.2) is 0 Å². The first-order valence-corrected chi connectivity index (χ1v) is 6.12. The summed E-state index contributed by atoms with van der Waals surface area (Å²) in [6, 6.07) is 9.69. The van der Waals surface area contributed by atoms with Crippen molar-refractivity contribution in [2.75, 3.05) is 13.7 Å². The van der Waals surface area contributed by atoms with Gasteiger partial charge >= 0.3 is 0 Å². The Hall–Kier alpha value is -1.02. The first-order valence-electron chi connectivity index (χ1n) is 6.12. The van der Waals surface area contributed by atoms with Crippen molar-refractivity contribution < 1.29 is 4.74 Å². The van der Waals surface area contributed by atoms with Crippen LogP contribution in [-0.4, -0.2) is 24.6 Å². The molecule has 1 atom stereocenters. The molecular weight excluding hydrogens is 198 g/mol. The number of ether oxygens (including phenoxy) is 1. The Morgan fingerprint density at radius 2 is 2.19 bits per heavy atom. The second kappa shape index (κ2) is 4.88. The number of benzene rings is 1. The van der Waals surface area contributed by atoms with Crippen molar-refractivity contribution in [2.24, 2.45) is 0 Å². The molecule has 1 aliphatic heterocycles. The van der Waals surface area contributed by atoms with Crippen molar-refractivity contribution in [1.82, 2.24) is 4.90 Å². The quantitative estimate of drug-likeness (QED) is 0.773. The molecular formula is C14H21NO. The second-order valence-electron chi connectivity index (χ2n) is 4.77. The third-order valence-corrected chi connectivity index (χ3v) is 3.44. The monoisotopic (exact) mass is 219 g/mol. The van der Waals surface area contributed by atoms with Gasteiger partial charge in [0.25, 0.3) is 0 Å². The highest BCUT2D eigenvalue weighted by Crippen LogP contribution is 2.34. The van der Waals surface area contributed by atoms with Gasteiger partial charge in [0.2, 0.25) is 0 Å². The van der Waals surface area contributed by atoms with Gasteiger partial charge < -0.3 is 4.74 Å². The van der Waals surface area contributed by atoms with Crippen molar-refractivity contribution in [2.45, 2.75) is 38.8 Å². The maximum Gasteiger partial charge on any atom is 0.119 e. The predicted octanol–water partition coefficient (Wildman–Crippen LogP) is 3.24. The molecule has 0 aliphatic carbocycles. The zero-order valence-electron chi connectivity index (χ0n) is 10.4. The van der Waals surface area contributed by atoms with Crippen LogP contribution in [-0.2, 0) is 0 Å². The summed E-state index contributed by atoms with van der Waals surface area (Å²) in [6.45, 7) is 5.77. The minimum absolute atomic E-state index is 0.579. The number of methoxy groups -OCH3 is 1. The van der Waals surface area contributed by atoms with Crippen LogP contribution in [0.5, 0.6) is 5.75 Å². The average molecular weight is 219 g/mol. The lowest BCUT2D eigenvalue weighted by atomic mass is 10.0. The molecule has 16 heavy (non-hydrogen) atoms. The average Bonchev–Trinajstić information content (AvgIpc) is 2.78. The largest absolute Gasteiger partial charge is 0.497 e. The molecule has 1 heterocycles. The summed E-state index contributed by atoms with van der Waals surface area (Å²) in [6.07, 6.45) is 2.57. The lowest BCUT2D eigenvalue weighted by Gasteiger charge is -2.28. The van der Waals surface area contributed by atoms with Gasteiger partial charge in [-0.05, 0) is 50.9 Å². The molecule has 1 saturated heterocycles. The van der Waals surface area contributed by atoms with Crippen molar-refractivity contribution >= 4 is 0 Å². The fourth-order valence-corrected chi connectivity index (χ4v) is 2.61. The fourth-order valence-electron chi connectivity index (χ4n) is 2.61. The maximum atomic E-state index is 5.29. The first-order chi connectivity index (χ1) is 7.72. The lowest BCUT2D eigenvalue weighted by Crippen LogP contribution is -2.30. The Balaban J connectivity index is 2.22. The predicted molar refractivity (Wildman–Crippen MR) is 66.8 cm³/mol. The molecule has 1 aromatic carbocycles. The lowest BCUT2D eigenvalue weighted by molar-refractivity contribution is 0.205. The highest BCUT2D eigenvalue weighted by molar-refractivity contribution is 5.31. The minimum Gasteiger partial charge on any atom is -0.497 e. The molecule has 1 fully saturated rings. The van der Waals surface area contributed by atoms with Gasteiger partial charge in [0.1, 0.15) is 5.75 Å². The highest BCUT2D eigenvalue weighted by atomic mass is 16.5. The third kappa shape index (κ3) is 2.22. The van der Waals surface area contributed by atoms with Crippen LogP contribution in [0, 0.1) is 0 Å². The van der Waals surface area contributed by atoms with E-state index in [2.05, 4.69) is 36.9 Å². The molecule has 1 unspecified atom stereocenters. The zero-order valence-corrected chi connectivity index (χ0v) is 10.4. The molecule has 0 spiro atoms. The van der Waals surface area contributed by atoms with Crippen molar-refractivity contribution in [3.8, 4) is 5.75 Å². The van der Waals surface area contributed by atoms with Crippen LogP contribution in [0.1, 0.15) is 38.3 Å². The molecule has 2 nitrogen and oxygen atoms in total. The molecule has 1 aliphatic rings. The normalized spacial score (nSPS) is 21.6. The SMILES string of the molecule is COc1cccc(C2CCCN2C(C)C)c1. The van der Waals surface area contributed by atoms with Gasteiger partial charge in [0, 0.05) is 12.1 Å². The van der Waals surface area contributed by atoms with Crippen LogP contribution in [0.25, 0.3) is 0 Å². The van der Waals surface area contributed by atoms with E-state index in [1.807, 2.05) is 6.07 Å². The van der Waals surface area contributed by atoms with E-state index in [0.29, 0.717) is 12.1 Å². The summed E-state index contributed by atoms with van der Waals surface area (Å²) in [5.74, 6) is 0.966. The number of hydrogen-bond donors (Lipinski definition) is 0. The van der Waals surface area contributed by atoms with E-state index >= 15 is 0 Å². The highest BCUT2D eigenvalue weighted by Gasteiger charge is 2.27. The molecule has 0 radical (unpaired) electrons. The summed E-state index contributed by atoms with van der Waals surface area (Å²) >= 11 is 0.